The molecule has 29 heavy (non-hydrogen) atoms. The van der Waals surface area contributed by atoms with Gasteiger partial charge in [-0.1, -0.05) is 5.16 Å². The zero-order valence-electron chi connectivity index (χ0n) is 17.1. The van der Waals surface area contributed by atoms with Gasteiger partial charge in [-0.2, -0.15) is 0 Å². The highest BCUT2D eigenvalue weighted by molar-refractivity contribution is 5.79. The molecule has 1 aliphatic rings. The molecular formula is C20H27N5O4. The van der Waals surface area contributed by atoms with Crippen LogP contribution in [0.2, 0.25) is 0 Å². The van der Waals surface area contributed by atoms with Crippen molar-refractivity contribution in [3.8, 4) is 0 Å². The third-order valence-electron chi connectivity index (χ3n) is 5.24. The van der Waals surface area contributed by atoms with Crippen molar-refractivity contribution in [2.75, 3.05) is 19.6 Å². The summed E-state index contributed by atoms with van der Waals surface area (Å²) in [7, 11) is 0. The van der Waals surface area contributed by atoms with Crippen LogP contribution in [0.15, 0.2) is 15.4 Å². The number of aromatic amines is 1. The second kappa shape index (κ2) is 9.02. The molecule has 1 aliphatic heterocycles. The molecule has 0 saturated carbocycles. The number of rotatable bonds is 6. The lowest BCUT2D eigenvalue weighted by Crippen LogP contribution is -2.42. The third-order valence-corrected chi connectivity index (χ3v) is 5.24. The van der Waals surface area contributed by atoms with Crippen LogP contribution in [0.5, 0.6) is 0 Å². The van der Waals surface area contributed by atoms with Gasteiger partial charge in [-0.25, -0.2) is 4.98 Å². The fraction of sp³-hybridized carbons (Fsp3) is 0.550. The lowest BCUT2D eigenvalue weighted by Gasteiger charge is -2.32. The molecule has 0 bridgehead atoms. The largest absolute Gasteiger partial charge is 0.361 e. The normalized spacial score (nSPS) is 14.8. The molecule has 156 valence electrons. The average molecular weight is 401 g/mol. The van der Waals surface area contributed by atoms with E-state index >= 15 is 0 Å². The maximum Gasteiger partial charge on any atom is 0.254 e. The van der Waals surface area contributed by atoms with Crippen LogP contribution in [0.4, 0.5) is 0 Å². The number of hydrogen-bond acceptors (Lipinski definition) is 6. The summed E-state index contributed by atoms with van der Waals surface area (Å²) in [6.45, 7) is 7.10. The molecule has 3 rings (SSSR count). The summed E-state index contributed by atoms with van der Waals surface area (Å²) in [5.41, 5.74) is 1.53. The Morgan fingerprint density at radius 2 is 1.97 bits per heavy atom. The number of nitrogens with zero attached hydrogens (tertiary/aromatic N) is 3. The van der Waals surface area contributed by atoms with Crippen LogP contribution >= 0.6 is 0 Å². The van der Waals surface area contributed by atoms with Crippen LogP contribution in [-0.4, -0.2) is 51.5 Å². The molecule has 2 amide bonds. The van der Waals surface area contributed by atoms with Crippen molar-refractivity contribution in [1.82, 2.24) is 25.3 Å². The summed E-state index contributed by atoms with van der Waals surface area (Å²) >= 11 is 0. The van der Waals surface area contributed by atoms with Crippen LogP contribution < -0.4 is 10.9 Å². The average Bonchev–Trinajstić information content (AvgIpc) is 3.07. The van der Waals surface area contributed by atoms with E-state index in [0.29, 0.717) is 48.4 Å². The molecule has 0 spiro atoms. The SMILES string of the molecule is Cc1cc(CC(=O)NCC2CCN(C(=O)Cc3c(C)nc(C)[nH]c3=O)CC2)on1. The van der Waals surface area contributed by atoms with Gasteiger partial charge in [0.15, 0.2) is 0 Å². The number of carbonyl (C=O) groups excluding carboxylic acids is 2. The number of H-pyrrole nitrogens is 1. The Kier molecular flexibility index (Phi) is 6.46. The topological polar surface area (TPSA) is 121 Å². The van der Waals surface area contributed by atoms with E-state index in [-0.39, 0.29) is 30.2 Å². The molecule has 1 fully saturated rings. The molecule has 9 heteroatoms. The highest BCUT2D eigenvalue weighted by Gasteiger charge is 2.24. The fourth-order valence-electron chi connectivity index (χ4n) is 3.59. The van der Waals surface area contributed by atoms with Gasteiger partial charge in [0.1, 0.15) is 11.6 Å². The standard InChI is InChI=1S/C20H27N5O4/c1-12-8-16(29-24-12)9-18(26)21-11-15-4-6-25(7-5-15)19(27)10-17-13(2)22-14(3)23-20(17)28/h8,15H,4-7,9-11H2,1-3H3,(H,21,26)(H,22,23,28). The highest BCUT2D eigenvalue weighted by atomic mass is 16.5. The monoisotopic (exact) mass is 401 g/mol. The van der Waals surface area contributed by atoms with Crippen molar-refractivity contribution in [2.45, 2.75) is 46.5 Å². The summed E-state index contributed by atoms with van der Waals surface area (Å²) in [6.07, 6.45) is 1.87. The number of carbonyl (C=O) groups is 2. The van der Waals surface area contributed by atoms with E-state index in [4.69, 9.17) is 4.52 Å². The first-order chi connectivity index (χ1) is 13.8. The Balaban J connectivity index is 1.43. The van der Waals surface area contributed by atoms with Gasteiger partial charge in [-0.15, -0.1) is 0 Å². The minimum atomic E-state index is -0.247. The number of amides is 2. The van der Waals surface area contributed by atoms with Gasteiger partial charge in [0.25, 0.3) is 5.56 Å². The van der Waals surface area contributed by atoms with Crippen LogP contribution in [0.1, 0.15) is 41.4 Å². The second-order valence-corrected chi connectivity index (χ2v) is 7.63. The second-order valence-electron chi connectivity index (χ2n) is 7.63. The van der Waals surface area contributed by atoms with Crippen molar-refractivity contribution in [1.29, 1.82) is 0 Å². The highest BCUT2D eigenvalue weighted by Crippen LogP contribution is 2.17. The molecule has 2 aromatic heterocycles. The maximum atomic E-state index is 12.6. The van der Waals surface area contributed by atoms with E-state index in [9.17, 15) is 14.4 Å². The van der Waals surface area contributed by atoms with Crippen molar-refractivity contribution in [3.63, 3.8) is 0 Å². The molecule has 9 nitrogen and oxygen atoms in total. The lowest BCUT2D eigenvalue weighted by molar-refractivity contribution is -0.132. The van der Waals surface area contributed by atoms with Crippen molar-refractivity contribution in [2.24, 2.45) is 5.92 Å². The minimum absolute atomic E-state index is 0.0620. The molecule has 0 radical (unpaired) electrons. The van der Waals surface area contributed by atoms with Crippen LogP contribution in [-0.2, 0) is 22.4 Å². The lowest BCUT2D eigenvalue weighted by atomic mass is 9.96. The van der Waals surface area contributed by atoms with Crippen molar-refractivity contribution in [3.05, 3.63) is 45.0 Å². The number of aromatic nitrogens is 3. The smallest absolute Gasteiger partial charge is 0.254 e. The number of piperidine rings is 1. The van der Waals surface area contributed by atoms with Gasteiger partial charge < -0.3 is 19.7 Å². The Hall–Kier alpha value is -2.97. The summed E-state index contributed by atoms with van der Waals surface area (Å²) < 4.78 is 5.06. The molecule has 0 unspecified atom stereocenters. The van der Waals surface area contributed by atoms with Gasteiger partial charge in [-0.05, 0) is 39.5 Å². The predicted molar refractivity (Wildman–Crippen MR) is 105 cm³/mol. The summed E-state index contributed by atoms with van der Waals surface area (Å²) in [5, 5.41) is 6.70. The Bertz CT molecular complexity index is 941. The van der Waals surface area contributed by atoms with Crippen molar-refractivity contribution >= 4 is 11.8 Å². The Morgan fingerprint density at radius 1 is 1.24 bits per heavy atom. The minimum Gasteiger partial charge on any atom is -0.361 e. The number of nitrogens with one attached hydrogen (secondary N) is 2. The van der Waals surface area contributed by atoms with E-state index in [2.05, 4.69) is 20.4 Å². The molecular weight excluding hydrogens is 374 g/mol. The van der Waals surface area contributed by atoms with Gasteiger partial charge in [-0.3, -0.25) is 14.4 Å². The van der Waals surface area contributed by atoms with E-state index < -0.39 is 0 Å². The molecule has 2 N–H and O–H groups in total. The molecule has 1 saturated heterocycles. The third kappa shape index (κ3) is 5.52. The number of hydrogen-bond donors (Lipinski definition) is 2. The van der Waals surface area contributed by atoms with Crippen LogP contribution in [0, 0.1) is 26.7 Å². The first-order valence-electron chi connectivity index (χ1n) is 9.85. The predicted octanol–water partition coefficient (Wildman–Crippen LogP) is 0.823. The molecule has 0 aromatic carbocycles. The van der Waals surface area contributed by atoms with E-state index in [0.717, 1.165) is 18.5 Å². The van der Waals surface area contributed by atoms with Gasteiger partial charge in [0.2, 0.25) is 11.8 Å². The van der Waals surface area contributed by atoms with E-state index in [1.54, 1.807) is 24.8 Å². The van der Waals surface area contributed by atoms with Gasteiger partial charge in [0, 0.05) is 37.0 Å². The quantitative estimate of drug-likeness (QED) is 0.739. The fourth-order valence-corrected chi connectivity index (χ4v) is 3.59. The van der Waals surface area contributed by atoms with Crippen LogP contribution in [0.25, 0.3) is 0 Å². The zero-order valence-corrected chi connectivity index (χ0v) is 17.1. The zero-order chi connectivity index (χ0) is 21.0. The first kappa shape index (κ1) is 20.8. The number of likely N-dealkylation sites (tertiary alicyclic amines) is 1. The van der Waals surface area contributed by atoms with Gasteiger partial charge in [0.05, 0.1) is 18.5 Å². The first-order valence-corrected chi connectivity index (χ1v) is 9.85. The van der Waals surface area contributed by atoms with Crippen molar-refractivity contribution < 1.29 is 14.1 Å². The van der Waals surface area contributed by atoms with E-state index in [1.807, 2.05) is 6.92 Å². The molecule has 0 aliphatic carbocycles. The van der Waals surface area contributed by atoms with Gasteiger partial charge >= 0.3 is 0 Å². The summed E-state index contributed by atoms with van der Waals surface area (Å²) in [5.74, 6) is 1.26. The molecule has 2 aromatic rings. The Labute approximate surface area is 168 Å². The maximum absolute atomic E-state index is 12.6. The molecule has 0 atom stereocenters. The summed E-state index contributed by atoms with van der Waals surface area (Å²) in [6, 6.07) is 1.75. The molecule has 3 heterocycles. The van der Waals surface area contributed by atoms with E-state index in [1.165, 1.54) is 0 Å². The Morgan fingerprint density at radius 3 is 2.59 bits per heavy atom. The summed E-state index contributed by atoms with van der Waals surface area (Å²) in [4.78, 5) is 45.4. The van der Waals surface area contributed by atoms with Crippen LogP contribution in [0.3, 0.4) is 0 Å². The number of aryl methyl sites for hydroxylation is 3.